The molecule has 144 valence electrons. The fourth-order valence-electron chi connectivity index (χ4n) is 2.55. The van der Waals surface area contributed by atoms with Gasteiger partial charge in [-0.2, -0.15) is 0 Å². The Hall–Kier alpha value is -3.33. The van der Waals surface area contributed by atoms with Crippen molar-refractivity contribution >= 4 is 39.7 Å². The van der Waals surface area contributed by atoms with E-state index < -0.39 is 29.4 Å². The Morgan fingerprint density at radius 2 is 1.57 bits per heavy atom. The van der Waals surface area contributed by atoms with E-state index in [1.54, 1.807) is 6.92 Å². The van der Waals surface area contributed by atoms with Crippen LogP contribution in [0.4, 0.5) is 25.4 Å². The summed E-state index contributed by atoms with van der Waals surface area (Å²) in [6, 6.07) is 9.61. The maximum absolute atomic E-state index is 13.3. The minimum absolute atomic E-state index is 0.0295. The molecule has 28 heavy (non-hydrogen) atoms. The molecule has 1 atom stereocenters. The smallest absolute Gasteiger partial charge is 0.240 e. The molecular formula is C19H16F2N4O2S. The monoisotopic (exact) mass is 402 g/mol. The molecule has 9 heteroatoms. The fraction of sp³-hybridized carbons (Fsp3) is 0.105. The molecule has 0 saturated carbocycles. The normalized spacial score (nSPS) is 11.8. The second-order valence-corrected chi connectivity index (χ2v) is 6.95. The van der Waals surface area contributed by atoms with E-state index in [0.29, 0.717) is 5.69 Å². The lowest BCUT2D eigenvalue weighted by atomic mass is 10.1. The third kappa shape index (κ3) is 3.84. The summed E-state index contributed by atoms with van der Waals surface area (Å²) in [7, 11) is 0. The number of nitrogens with two attached hydrogens (primary N) is 2. The van der Waals surface area contributed by atoms with Crippen molar-refractivity contribution in [1.82, 2.24) is 4.98 Å². The average Bonchev–Trinajstić information content (AvgIpc) is 3.04. The number of ketones is 1. The summed E-state index contributed by atoms with van der Waals surface area (Å²) in [6.07, 6.45) is 0. The number of carbonyl (C=O) groups is 2. The van der Waals surface area contributed by atoms with Gasteiger partial charge >= 0.3 is 0 Å². The number of nitrogens with zero attached hydrogens (tertiary/aromatic N) is 2. The molecular weight excluding hydrogens is 386 g/mol. The third-order valence-electron chi connectivity index (χ3n) is 4.06. The van der Waals surface area contributed by atoms with Gasteiger partial charge in [-0.15, -0.1) is 0 Å². The van der Waals surface area contributed by atoms with Gasteiger partial charge < -0.3 is 16.4 Å². The minimum Gasteiger partial charge on any atom is -0.382 e. The summed E-state index contributed by atoms with van der Waals surface area (Å²) >= 11 is 0.965. The van der Waals surface area contributed by atoms with Crippen LogP contribution in [0.3, 0.4) is 0 Å². The molecule has 1 amide bonds. The Balaban J connectivity index is 2.03. The van der Waals surface area contributed by atoms with Crippen molar-refractivity contribution in [3.05, 3.63) is 70.6 Å². The summed E-state index contributed by atoms with van der Waals surface area (Å²) < 4.78 is 26.4. The van der Waals surface area contributed by atoms with Crippen LogP contribution >= 0.6 is 11.3 Å². The highest BCUT2D eigenvalue weighted by molar-refractivity contribution is 7.18. The number of nitrogen functional groups attached to an aromatic ring is 1. The van der Waals surface area contributed by atoms with E-state index in [2.05, 4.69) is 4.98 Å². The van der Waals surface area contributed by atoms with E-state index in [-0.39, 0.29) is 21.4 Å². The van der Waals surface area contributed by atoms with E-state index in [0.717, 1.165) is 11.3 Å². The van der Waals surface area contributed by atoms with Crippen LogP contribution in [0, 0.1) is 11.6 Å². The van der Waals surface area contributed by atoms with Gasteiger partial charge in [0.25, 0.3) is 0 Å². The molecule has 0 bridgehead atoms. The number of thiazole rings is 1. The molecule has 0 spiro atoms. The van der Waals surface area contributed by atoms with Crippen molar-refractivity contribution in [2.75, 3.05) is 10.6 Å². The average molecular weight is 402 g/mol. The fourth-order valence-corrected chi connectivity index (χ4v) is 3.60. The Morgan fingerprint density at radius 1 is 1.04 bits per heavy atom. The van der Waals surface area contributed by atoms with Crippen molar-refractivity contribution in [1.29, 1.82) is 0 Å². The highest BCUT2D eigenvalue weighted by atomic mass is 32.1. The number of carbonyl (C=O) groups excluding carboxylic acids is 2. The summed E-state index contributed by atoms with van der Waals surface area (Å²) in [5.74, 6) is -2.00. The van der Waals surface area contributed by atoms with Crippen molar-refractivity contribution in [3.8, 4) is 0 Å². The first-order chi connectivity index (χ1) is 13.3. The van der Waals surface area contributed by atoms with Crippen LogP contribution in [0.5, 0.6) is 0 Å². The second kappa shape index (κ2) is 7.73. The van der Waals surface area contributed by atoms with E-state index in [1.165, 1.54) is 53.4 Å². The predicted molar refractivity (Wildman–Crippen MR) is 104 cm³/mol. The SMILES string of the molecule is CC(C(N)=O)N(c1ccc(F)cc1)c1nc(N)c(C(=O)c2ccc(F)cc2)s1. The number of halogens is 2. The van der Waals surface area contributed by atoms with E-state index in [1.807, 2.05) is 0 Å². The lowest BCUT2D eigenvalue weighted by molar-refractivity contribution is -0.118. The highest BCUT2D eigenvalue weighted by Crippen LogP contribution is 2.35. The molecule has 1 heterocycles. The molecule has 0 aliphatic rings. The van der Waals surface area contributed by atoms with E-state index in [9.17, 15) is 18.4 Å². The van der Waals surface area contributed by atoms with Gasteiger partial charge in [0.2, 0.25) is 11.7 Å². The summed E-state index contributed by atoms with van der Waals surface area (Å²) in [4.78, 5) is 30.3. The van der Waals surface area contributed by atoms with Crippen molar-refractivity contribution < 1.29 is 18.4 Å². The lowest BCUT2D eigenvalue weighted by Crippen LogP contribution is -2.39. The molecule has 0 fully saturated rings. The van der Waals surface area contributed by atoms with Crippen LogP contribution < -0.4 is 16.4 Å². The van der Waals surface area contributed by atoms with Gasteiger partial charge in [0.15, 0.2) is 5.13 Å². The van der Waals surface area contributed by atoms with Gasteiger partial charge in [-0.05, 0) is 55.5 Å². The first-order valence-electron chi connectivity index (χ1n) is 8.18. The molecule has 0 aliphatic heterocycles. The van der Waals surface area contributed by atoms with Crippen LogP contribution in [0.2, 0.25) is 0 Å². The third-order valence-corrected chi connectivity index (χ3v) is 5.13. The minimum atomic E-state index is -0.829. The van der Waals surface area contributed by atoms with Gasteiger partial charge in [-0.1, -0.05) is 11.3 Å². The van der Waals surface area contributed by atoms with Crippen molar-refractivity contribution in [3.63, 3.8) is 0 Å². The Morgan fingerprint density at radius 3 is 2.11 bits per heavy atom. The van der Waals surface area contributed by atoms with Gasteiger partial charge in [-0.3, -0.25) is 9.59 Å². The quantitative estimate of drug-likeness (QED) is 0.616. The molecule has 3 aromatic rings. The zero-order valence-electron chi connectivity index (χ0n) is 14.7. The number of hydrogen-bond donors (Lipinski definition) is 2. The first kappa shape index (κ1) is 19.4. The molecule has 3 rings (SSSR count). The molecule has 0 aliphatic carbocycles. The number of aromatic nitrogens is 1. The molecule has 6 nitrogen and oxygen atoms in total. The highest BCUT2D eigenvalue weighted by Gasteiger charge is 2.27. The number of amides is 1. The first-order valence-corrected chi connectivity index (χ1v) is 9.00. The Labute approximate surface area is 163 Å². The number of primary amides is 1. The zero-order chi connectivity index (χ0) is 20.4. The summed E-state index contributed by atoms with van der Waals surface area (Å²) in [5.41, 5.74) is 12.1. The largest absolute Gasteiger partial charge is 0.382 e. The molecule has 0 radical (unpaired) electrons. The van der Waals surface area contributed by atoms with E-state index >= 15 is 0 Å². The van der Waals surface area contributed by atoms with Crippen LogP contribution in [-0.2, 0) is 4.79 Å². The molecule has 1 aromatic heterocycles. The van der Waals surface area contributed by atoms with Gasteiger partial charge in [0, 0.05) is 11.3 Å². The molecule has 1 unspecified atom stereocenters. The maximum Gasteiger partial charge on any atom is 0.240 e. The number of hydrogen-bond acceptors (Lipinski definition) is 6. The Bertz CT molecular complexity index is 1020. The van der Waals surface area contributed by atoms with Gasteiger partial charge in [0.1, 0.15) is 28.4 Å². The standard InChI is InChI=1S/C19H16F2N4O2S/c1-10(18(23)27)25(14-8-6-13(21)7-9-14)19-24-17(22)16(28-19)15(26)11-2-4-12(20)5-3-11/h2-10H,22H2,1H3,(H2,23,27). The van der Waals surface area contributed by atoms with Crippen molar-refractivity contribution in [2.45, 2.75) is 13.0 Å². The molecule has 4 N–H and O–H groups in total. The topological polar surface area (TPSA) is 102 Å². The predicted octanol–water partition coefficient (Wildman–Crippen LogP) is 3.25. The molecule has 0 saturated heterocycles. The van der Waals surface area contributed by atoms with Crippen molar-refractivity contribution in [2.24, 2.45) is 5.73 Å². The number of anilines is 3. The lowest BCUT2D eigenvalue weighted by Gasteiger charge is -2.26. The number of benzene rings is 2. The zero-order valence-corrected chi connectivity index (χ0v) is 15.5. The van der Waals surface area contributed by atoms with Gasteiger partial charge in [0.05, 0.1) is 0 Å². The second-order valence-electron chi connectivity index (χ2n) is 5.97. The summed E-state index contributed by atoms with van der Waals surface area (Å²) in [5, 5.41) is 0.251. The van der Waals surface area contributed by atoms with Crippen LogP contribution in [0.25, 0.3) is 0 Å². The van der Waals surface area contributed by atoms with Crippen LogP contribution in [0.1, 0.15) is 22.2 Å². The van der Waals surface area contributed by atoms with Gasteiger partial charge in [-0.25, -0.2) is 13.8 Å². The maximum atomic E-state index is 13.3. The Kier molecular flexibility index (Phi) is 5.36. The van der Waals surface area contributed by atoms with Crippen LogP contribution in [-0.4, -0.2) is 22.7 Å². The van der Waals surface area contributed by atoms with E-state index in [4.69, 9.17) is 11.5 Å². The van der Waals surface area contributed by atoms with Crippen LogP contribution in [0.15, 0.2) is 48.5 Å². The number of rotatable bonds is 6. The summed E-state index contributed by atoms with van der Waals surface area (Å²) in [6.45, 7) is 1.56. The molecule has 2 aromatic carbocycles.